The molecule has 1 unspecified atom stereocenters. The van der Waals surface area contributed by atoms with E-state index in [-0.39, 0.29) is 24.0 Å². The highest BCUT2D eigenvalue weighted by molar-refractivity contribution is 9.10. The first-order valence-corrected chi connectivity index (χ1v) is 11.6. The fourth-order valence-corrected chi connectivity index (χ4v) is 5.87. The second-order valence-corrected chi connectivity index (χ2v) is 9.90. The van der Waals surface area contributed by atoms with E-state index in [0.717, 1.165) is 21.3 Å². The zero-order chi connectivity index (χ0) is 21.3. The summed E-state index contributed by atoms with van der Waals surface area (Å²) >= 11 is 3.50. The number of nitrogens with zero attached hydrogens (tertiary/aromatic N) is 1. The van der Waals surface area contributed by atoms with Crippen LogP contribution in [-0.4, -0.2) is 34.1 Å². The van der Waals surface area contributed by atoms with Crippen LogP contribution in [0.3, 0.4) is 0 Å². The van der Waals surface area contributed by atoms with Crippen LogP contribution in [0.5, 0.6) is 5.75 Å². The van der Waals surface area contributed by atoms with Crippen LogP contribution in [0.2, 0.25) is 0 Å². The Bertz CT molecular complexity index is 1050. The van der Waals surface area contributed by atoms with Crippen molar-refractivity contribution in [3.63, 3.8) is 0 Å². The lowest BCUT2D eigenvalue weighted by Crippen LogP contribution is -2.30. The number of aryl methyl sites for hydroxylation is 2. The van der Waals surface area contributed by atoms with Crippen molar-refractivity contribution in [1.82, 2.24) is 0 Å². The molecule has 29 heavy (non-hydrogen) atoms. The summed E-state index contributed by atoms with van der Waals surface area (Å²) in [6, 6.07) is 8.58. The van der Waals surface area contributed by atoms with Crippen LogP contribution in [0.1, 0.15) is 36.5 Å². The second kappa shape index (κ2) is 8.36. The Labute approximate surface area is 180 Å². The quantitative estimate of drug-likeness (QED) is 0.574. The lowest BCUT2D eigenvalue weighted by molar-refractivity contribution is -0.145. The zero-order valence-electron chi connectivity index (χ0n) is 16.9. The third kappa shape index (κ3) is 4.28. The molecule has 0 saturated carbocycles. The van der Waals surface area contributed by atoms with Gasteiger partial charge in [-0.3, -0.25) is 4.31 Å². The van der Waals surface area contributed by atoms with Crippen LogP contribution in [-0.2, 0) is 19.6 Å². The van der Waals surface area contributed by atoms with E-state index in [2.05, 4.69) is 15.9 Å². The molecule has 8 heteroatoms. The summed E-state index contributed by atoms with van der Waals surface area (Å²) in [6.45, 7) is 7.88. The molecule has 1 aliphatic rings. The molecular formula is C21H24BrNO5S. The van der Waals surface area contributed by atoms with Gasteiger partial charge in [0, 0.05) is 16.9 Å². The van der Waals surface area contributed by atoms with Gasteiger partial charge in [-0.15, -0.1) is 0 Å². The van der Waals surface area contributed by atoms with E-state index in [4.69, 9.17) is 9.47 Å². The Morgan fingerprint density at radius 2 is 1.93 bits per heavy atom. The fourth-order valence-electron chi connectivity index (χ4n) is 3.55. The van der Waals surface area contributed by atoms with Gasteiger partial charge in [0.25, 0.3) is 10.0 Å². The van der Waals surface area contributed by atoms with Crippen molar-refractivity contribution in [2.24, 2.45) is 0 Å². The average molecular weight is 482 g/mol. The number of carbonyl (C=O) groups is 1. The Balaban J connectivity index is 1.90. The summed E-state index contributed by atoms with van der Waals surface area (Å²) in [5.74, 6) is 0.0875. The molecule has 0 N–H and O–H groups in total. The Kier molecular flexibility index (Phi) is 6.24. The standard InChI is InChI=1S/C21H24BrNO5S/c1-5-27-20(24)12-28-19-7-6-17(9-13(19)2)29(25,26)23-11-15(4)18-10-16(22)8-14(3)21(18)23/h6-10,15H,5,11-12H2,1-4H3. The van der Waals surface area contributed by atoms with Crippen molar-refractivity contribution in [2.75, 3.05) is 24.1 Å². The van der Waals surface area contributed by atoms with E-state index < -0.39 is 16.0 Å². The van der Waals surface area contributed by atoms with Crippen molar-refractivity contribution in [1.29, 1.82) is 0 Å². The molecule has 1 aliphatic heterocycles. The van der Waals surface area contributed by atoms with Crippen molar-refractivity contribution in [3.8, 4) is 5.75 Å². The fraction of sp³-hybridized carbons (Fsp3) is 0.381. The van der Waals surface area contributed by atoms with E-state index >= 15 is 0 Å². The number of sulfonamides is 1. The maximum absolute atomic E-state index is 13.4. The summed E-state index contributed by atoms with van der Waals surface area (Å²) in [5, 5.41) is 0. The van der Waals surface area contributed by atoms with Gasteiger partial charge in [0.15, 0.2) is 6.61 Å². The number of ether oxygens (including phenoxy) is 2. The number of hydrogen-bond donors (Lipinski definition) is 0. The van der Waals surface area contributed by atoms with Crippen LogP contribution >= 0.6 is 15.9 Å². The summed E-state index contributed by atoms with van der Waals surface area (Å²) in [6.07, 6.45) is 0. The largest absolute Gasteiger partial charge is 0.482 e. The molecular weight excluding hydrogens is 458 g/mol. The number of hydrogen-bond acceptors (Lipinski definition) is 5. The van der Waals surface area contributed by atoms with Gasteiger partial charge in [0.2, 0.25) is 0 Å². The molecule has 1 heterocycles. The van der Waals surface area contributed by atoms with Crippen LogP contribution in [0.15, 0.2) is 39.7 Å². The van der Waals surface area contributed by atoms with Gasteiger partial charge in [-0.05, 0) is 67.8 Å². The summed E-state index contributed by atoms with van der Waals surface area (Å²) < 4.78 is 39.5. The van der Waals surface area contributed by atoms with Crippen molar-refractivity contribution < 1.29 is 22.7 Å². The third-order valence-electron chi connectivity index (χ3n) is 4.90. The molecule has 0 spiro atoms. The highest BCUT2D eigenvalue weighted by atomic mass is 79.9. The van der Waals surface area contributed by atoms with Crippen molar-refractivity contribution >= 4 is 37.6 Å². The van der Waals surface area contributed by atoms with Gasteiger partial charge in [-0.1, -0.05) is 22.9 Å². The van der Waals surface area contributed by atoms with Gasteiger partial charge in [-0.2, -0.15) is 0 Å². The lowest BCUT2D eigenvalue weighted by atomic mass is 10.0. The monoisotopic (exact) mass is 481 g/mol. The number of halogens is 1. The summed E-state index contributed by atoms with van der Waals surface area (Å²) in [5.41, 5.74) is 3.32. The maximum Gasteiger partial charge on any atom is 0.344 e. The predicted octanol–water partition coefficient (Wildman–Crippen LogP) is 4.32. The van der Waals surface area contributed by atoms with E-state index in [1.54, 1.807) is 26.0 Å². The first-order chi connectivity index (χ1) is 13.6. The maximum atomic E-state index is 13.4. The van der Waals surface area contributed by atoms with E-state index in [9.17, 15) is 13.2 Å². The van der Waals surface area contributed by atoms with Crippen LogP contribution in [0.4, 0.5) is 5.69 Å². The first kappa shape index (κ1) is 21.6. The number of benzene rings is 2. The minimum Gasteiger partial charge on any atom is -0.482 e. The third-order valence-corrected chi connectivity index (χ3v) is 7.12. The zero-order valence-corrected chi connectivity index (χ0v) is 19.3. The van der Waals surface area contributed by atoms with Crippen LogP contribution in [0, 0.1) is 13.8 Å². The highest BCUT2D eigenvalue weighted by Crippen LogP contribution is 2.43. The SMILES string of the molecule is CCOC(=O)COc1ccc(S(=O)(=O)N2CC(C)c3cc(Br)cc(C)c32)cc1C. The average Bonchev–Trinajstić information content (AvgIpc) is 2.98. The highest BCUT2D eigenvalue weighted by Gasteiger charge is 2.36. The molecule has 2 aromatic rings. The van der Waals surface area contributed by atoms with E-state index in [1.807, 2.05) is 26.0 Å². The molecule has 0 aliphatic carbocycles. The molecule has 0 fully saturated rings. The molecule has 0 bridgehead atoms. The number of rotatable bonds is 6. The molecule has 0 radical (unpaired) electrons. The van der Waals surface area contributed by atoms with Crippen molar-refractivity contribution in [3.05, 3.63) is 51.5 Å². The minimum absolute atomic E-state index is 0.101. The number of carbonyl (C=O) groups excluding carboxylic acids is 1. The van der Waals surface area contributed by atoms with Gasteiger partial charge in [0.1, 0.15) is 5.75 Å². The lowest BCUT2D eigenvalue weighted by Gasteiger charge is -2.22. The Hall–Kier alpha value is -2.06. The van der Waals surface area contributed by atoms with Gasteiger partial charge < -0.3 is 9.47 Å². The number of esters is 1. The van der Waals surface area contributed by atoms with E-state index in [0.29, 0.717) is 17.9 Å². The number of fused-ring (bicyclic) bond motifs is 1. The molecule has 6 nitrogen and oxygen atoms in total. The topological polar surface area (TPSA) is 72.9 Å². The van der Waals surface area contributed by atoms with Gasteiger partial charge >= 0.3 is 5.97 Å². The first-order valence-electron chi connectivity index (χ1n) is 9.37. The summed E-state index contributed by atoms with van der Waals surface area (Å²) in [4.78, 5) is 11.7. The molecule has 2 aromatic carbocycles. The second-order valence-electron chi connectivity index (χ2n) is 7.12. The summed E-state index contributed by atoms with van der Waals surface area (Å²) in [7, 11) is -3.73. The Morgan fingerprint density at radius 1 is 1.21 bits per heavy atom. The molecule has 3 rings (SSSR count). The smallest absolute Gasteiger partial charge is 0.344 e. The normalized spacial score (nSPS) is 15.9. The molecule has 0 saturated heterocycles. The predicted molar refractivity (Wildman–Crippen MR) is 115 cm³/mol. The minimum atomic E-state index is -3.73. The Morgan fingerprint density at radius 3 is 2.59 bits per heavy atom. The molecule has 156 valence electrons. The van der Waals surface area contributed by atoms with Gasteiger partial charge in [-0.25, -0.2) is 13.2 Å². The van der Waals surface area contributed by atoms with Crippen LogP contribution in [0.25, 0.3) is 0 Å². The van der Waals surface area contributed by atoms with E-state index in [1.165, 1.54) is 10.4 Å². The van der Waals surface area contributed by atoms with Gasteiger partial charge in [0.05, 0.1) is 17.2 Å². The van der Waals surface area contributed by atoms with Crippen LogP contribution < -0.4 is 9.04 Å². The molecule has 1 atom stereocenters. The molecule has 0 amide bonds. The molecule has 0 aromatic heterocycles. The van der Waals surface area contributed by atoms with Crippen molar-refractivity contribution in [2.45, 2.75) is 38.5 Å². The number of anilines is 1.